The molecule has 1 N–H and O–H groups in total. The summed E-state index contributed by atoms with van der Waals surface area (Å²) in [6.07, 6.45) is 4.79. The van der Waals surface area contributed by atoms with Crippen LogP contribution in [0.5, 0.6) is 0 Å². The molecule has 0 radical (unpaired) electrons. The van der Waals surface area contributed by atoms with Gasteiger partial charge in [-0.1, -0.05) is 18.6 Å². The minimum atomic E-state index is -1.10. The van der Waals surface area contributed by atoms with Gasteiger partial charge in [0.25, 0.3) is 0 Å². The zero-order valence-corrected chi connectivity index (χ0v) is 16.5. The van der Waals surface area contributed by atoms with Gasteiger partial charge < -0.3 is 15.0 Å². The summed E-state index contributed by atoms with van der Waals surface area (Å²) in [6, 6.07) is 10.1. The molecule has 0 amide bonds. The number of hydrogen-bond donors (Lipinski definition) is 1. The summed E-state index contributed by atoms with van der Waals surface area (Å²) >= 11 is 0. The Kier molecular flexibility index (Phi) is 6.77. The molecule has 0 bridgehead atoms. The van der Waals surface area contributed by atoms with Crippen LogP contribution in [0.3, 0.4) is 0 Å². The Morgan fingerprint density at radius 3 is 2.79 bits per heavy atom. The van der Waals surface area contributed by atoms with Gasteiger partial charge >= 0.3 is 5.97 Å². The molecule has 1 fully saturated rings. The first-order chi connectivity index (χ1) is 13.6. The SMILES string of the molecule is COC(=O)[C@H](C#N)c1nc2ccccc2nc1NCCCN1CCCC[C@H]1C. The molecule has 2 atom stereocenters. The van der Waals surface area contributed by atoms with Gasteiger partial charge in [-0.3, -0.25) is 4.79 Å². The highest BCUT2D eigenvalue weighted by Gasteiger charge is 2.27. The standard InChI is InChI=1S/C21H27N5O2/c1-15-8-5-6-12-26(15)13-7-11-23-20-19(16(14-22)21(27)28-2)24-17-9-3-4-10-18(17)25-20/h3-4,9-10,15-16H,5-8,11-13H2,1-2H3,(H,23,25)/t15-,16-/m1/s1. The van der Waals surface area contributed by atoms with Gasteiger partial charge in [-0.05, 0) is 44.9 Å². The van der Waals surface area contributed by atoms with E-state index in [0.29, 0.717) is 29.6 Å². The fourth-order valence-corrected chi connectivity index (χ4v) is 3.67. The minimum absolute atomic E-state index is 0.319. The van der Waals surface area contributed by atoms with Crippen LogP contribution in [0.25, 0.3) is 11.0 Å². The normalized spacial score (nSPS) is 18.4. The van der Waals surface area contributed by atoms with Gasteiger partial charge in [-0.2, -0.15) is 5.26 Å². The van der Waals surface area contributed by atoms with Gasteiger partial charge in [0.15, 0.2) is 11.7 Å². The average molecular weight is 381 g/mol. The van der Waals surface area contributed by atoms with E-state index in [4.69, 9.17) is 4.74 Å². The average Bonchev–Trinajstić information content (AvgIpc) is 2.72. The number of para-hydroxylation sites is 2. The molecular weight excluding hydrogens is 354 g/mol. The van der Waals surface area contributed by atoms with Crippen molar-refractivity contribution in [3.05, 3.63) is 30.0 Å². The maximum atomic E-state index is 12.1. The zero-order chi connectivity index (χ0) is 19.9. The minimum Gasteiger partial charge on any atom is -0.468 e. The predicted molar refractivity (Wildman–Crippen MR) is 108 cm³/mol. The third-order valence-electron chi connectivity index (χ3n) is 5.29. The smallest absolute Gasteiger partial charge is 0.329 e. The number of esters is 1. The number of methoxy groups -OCH3 is 1. The van der Waals surface area contributed by atoms with Crippen LogP contribution in [0, 0.1) is 11.3 Å². The molecule has 2 heterocycles. The van der Waals surface area contributed by atoms with Gasteiger partial charge in [0.1, 0.15) is 5.69 Å². The third-order valence-corrected chi connectivity index (χ3v) is 5.29. The maximum absolute atomic E-state index is 12.1. The van der Waals surface area contributed by atoms with E-state index in [0.717, 1.165) is 25.0 Å². The Hall–Kier alpha value is -2.72. The Morgan fingerprint density at radius 2 is 2.11 bits per heavy atom. The van der Waals surface area contributed by atoms with Crippen LogP contribution in [0.15, 0.2) is 24.3 Å². The number of anilines is 1. The zero-order valence-electron chi connectivity index (χ0n) is 16.5. The third kappa shape index (κ3) is 4.57. The van der Waals surface area contributed by atoms with E-state index in [9.17, 15) is 10.1 Å². The van der Waals surface area contributed by atoms with Gasteiger partial charge in [0, 0.05) is 19.1 Å². The van der Waals surface area contributed by atoms with Crippen molar-refractivity contribution in [1.29, 1.82) is 5.26 Å². The Labute approximate surface area is 165 Å². The summed E-state index contributed by atoms with van der Waals surface area (Å²) in [5.74, 6) is -1.26. The van der Waals surface area contributed by atoms with Crippen molar-refractivity contribution in [3.8, 4) is 6.07 Å². The molecule has 7 nitrogen and oxygen atoms in total. The van der Waals surface area contributed by atoms with Gasteiger partial charge in [0.05, 0.1) is 24.2 Å². The first-order valence-electron chi connectivity index (χ1n) is 9.86. The predicted octanol–water partition coefficient (Wildman–Crippen LogP) is 3.09. The summed E-state index contributed by atoms with van der Waals surface area (Å²) in [7, 11) is 1.27. The molecule has 1 saturated heterocycles. The molecule has 1 aliphatic heterocycles. The Morgan fingerprint density at radius 1 is 1.36 bits per heavy atom. The number of aromatic nitrogens is 2. The van der Waals surface area contributed by atoms with Crippen molar-refractivity contribution in [2.75, 3.05) is 32.1 Å². The molecule has 1 aromatic carbocycles. The van der Waals surface area contributed by atoms with E-state index in [2.05, 4.69) is 27.1 Å². The second-order valence-corrected chi connectivity index (χ2v) is 7.19. The fourth-order valence-electron chi connectivity index (χ4n) is 3.67. The second-order valence-electron chi connectivity index (χ2n) is 7.19. The van der Waals surface area contributed by atoms with Crippen molar-refractivity contribution in [2.45, 2.75) is 44.6 Å². The molecule has 0 spiro atoms. The molecule has 148 valence electrons. The number of rotatable bonds is 7. The lowest BCUT2D eigenvalue weighted by molar-refractivity contribution is -0.141. The van der Waals surface area contributed by atoms with Crippen molar-refractivity contribution in [2.24, 2.45) is 0 Å². The van der Waals surface area contributed by atoms with Gasteiger partial charge in [-0.25, -0.2) is 9.97 Å². The van der Waals surface area contributed by atoms with E-state index in [1.807, 2.05) is 30.3 Å². The van der Waals surface area contributed by atoms with Crippen molar-refractivity contribution >= 4 is 22.8 Å². The van der Waals surface area contributed by atoms with E-state index in [-0.39, 0.29) is 0 Å². The lowest BCUT2D eigenvalue weighted by Crippen LogP contribution is -2.38. The summed E-state index contributed by atoms with van der Waals surface area (Å²) in [4.78, 5) is 23.7. The summed E-state index contributed by atoms with van der Waals surface area (Å²) in [5.41, 5.74) is 1.69. The molecule has 0 aliphatic carbocycles. The number of piperidine rings is 1. The monoisotopic (exact) mass is 381 g/mol. The number of carbonyl (C=O) groups is 1. The largest absolute Gasteiger partial charge is 0.468 e. The molecular formula is C21H27N5O2. The van der Waals surface area contributed by atoms with Crippen molar-refractivity contribution in [1.82, 2.24) is 14.9 Å². The lowest BCUT2D eigenvalue weighted by Gasteiger charge is -2.33. The van der Waals surface area contributed by atoms with E-state index < -0.39 is 11.9 Å². The number of benzene rings is 1. The highest BCUT2D eigenvalue weighted by Crippen LogP contribution is 2.25. The number of nitrogens with one attached hydrogen (secondary N) is 1. The number of likely N-dealkylation sites (tertiary alicyclic amines) is 1. The van der Waals surface area contributed by atoms with Crippen molar-refractivity contribution in [3.63, 3.8) is 0 Å². The highest BCUT2D eigenvalue weighted by atomic mass is 16.5. The van der Waals surface area contributed by atoms with Gasteiger partial charge in [-0.15, -0.1) is 0 Å². The van der Waals surface area contributed by atoms with Crippen LogP contribution in [0.1, 0.15) is 44.2 Å². The maximum Gasteiger partial charge on any atom is 0.329 e. The molecule has 7 heteroatoms. The first kappa shape index (κ1) is 20.0. The van der Waals surface area contributed by atoms with Crippen LogP contribution >= 0.6 is 0 Å². The quantitative estimate of drug-likeness (QED) is 0.582. The lowest BCUT2D eigenvalue weighted by atomic mass is 10.0. The molecule has 0 unspecified atom stereocenters. The first-order valence-corrected chi connectivity index (χ1v) is 9.86. The fraction of sp³-hybridized carbons (Fsp3) is 0.524. The molecule has 3 rings (SSSR count). The molecule has 1 aromatic heterocycles. The topological polar surface area (TPSA) is 91.1 Å². The second kappa shape index (κ2) is 9.47. The van der Waals surface area contributed by atoms with Gasteiger partial charge in [0.2, 0.25) is 0 Å². The van der Waals surface area contributed by atoms with Crippen molar-refractivity contribution < 1.29 is 9.53 Å². The Bertz CT molecular complexity index is 863. The van der Waals surface area contributed by atoms with E-state index in [1.54, 1.807) is 0 Å². The van der Waals surface area contributed by atoms with Crippen LogP contribution in [0.2, 0.25) is 0 Å². The molecule has 28 heavy (non-hydrogen) atoms. The molecule has 1 aliphatic rings. The van der Waals surface area contributed by atoms with Crippen LogP contribution < -0.4 is 5.32 Å². The highest BCUT2D eigenvalue weighted by molar-refractivity contribution is 5.84. The molecule has 0 saturated carbocycles. The number of nitriles is 1. The number of ether oxygens (including phenoxy) is 1. The van der Waals surface area contributed by atoms with E-state index in [1.165, 1.54) is 26.4 Å². The Balaban J connectivity index is 1.75. The number of nitrogens with zero attached hydrogens (tertiary/aromatic N) is 4. The summed E-state index contributed by atoms with van der Waals surface area (Å²) in [5, 5.41) is 12.8. The van der Waals surface area contributed by atoms with Crippen LogP contribution in [-0.4, -0.2) is 53.6 Å². The summed E-state index contributed by atoms with van der Waals surface area (Å²) in [6.45, 7) is 5.15. The number of hydrogen-bond acceptors (Lipinski definition) is 7. The molecule has 2 aromatic rings. The van der Waals surface area contributed by atoms with Crippen LogP contribution in [-0.2, 0) is 9.53 Å². The number of carbonyl (C=O) groups excluding carboxylic acids is 1. The van der Waals surface area contributed by atoms with E-state index >= 15 is 0 Å². The van der Waals surface area contributed by atoms with Crippen LogP contribution in [0.4, 0.5) is 5.82 Å². The summed E-state index contributed by atoms with van der Waals surface area (Å²) < 4.78 is 4.78. The number of fused-ring (bicyclic) bond motifs is 1.